The first-order valence-electron chi connectivity index (χ1n) is 6.14. The van der Waals surface area contributed by atoms with Gasteiger partial charge < -0.3 is 20.4 Å². The number of benzene rings is 1. The van der Waals surface area contributed by atoms with Crippen LogP contribution in [0.2, 0.25) is 0 Å². The SMILES string of the molecule is CN(CCOc1ccccc1F)C(=O)c1cc(N)c[nH]1. The van der Waals surface area contributed by atoms with E-state index >= 15 is 0 Å². The molecule has 1 heterocycles. The molecule has 1 amide bonds. The Morgan fingerprint density at radius 3 is 2.85 bits per heavy atom. The number of likely N-dealkylation sites (N-methyl/N-ethyl adjacent to an activating group) is 1. The van der Waals surface area contributed by atoms with Gasteiger partial charge in [0.15, 0.2) is 11.6 Å². The Labute approximate surface area is 116 Å². The van der Waals surface area contributed by atoms with Crippen molar-refractivity contribution in [2.75, 3.05) is 25.9 Å². The van der Waals surface area contributed by atoms with Gasteiger partial charge in [-0.1, -0.05) is 12.1 Å². The van der Waals surface area contributed by atoms with E-state index in [9.17, 15) is 9.18 Å². The van der Waals surface area contributed by atoms with Crippen LogP contribution in [0.1, 0.15) is 10.5 Å². The van der Waals surface area contributed by atoms with Gasteiger partial charge in [0.2, 0.25) is 0 Å². The molecule has 2 aromatic rings. The number of nitrogens with zero attached hydrogens (tertiary/aromatic N) is 1. The number of hydrogen-bond acceptors (Lipinski definition) is 3. The van der Waals surface area contributed by atoms with Crippen molar-refractivity contribution < 1.29 is 13.9 Å². The molecule has 0 saturated heterocycles. The highest BCUT2D eigenvalue weighted by atomic mass is 19.1. The summed E-state index contributed by atoms with van der Waals surface area (Å²) in [5, 5.41) is 0. The lowest BCUT2D eigenvalue weighted by molar-refractivity contribution is 0.0768. The average molecular weight is 277 g/mol. The molecule has 6 heteroatoms. The first-order valence-corrected chi connectivity index (χ1v) is 6.14. The summed E-state index contributed by atoms with van der Waals surface area (Å²) in [5.41, 5.74) is 6.46. The standard InChI is InChI=1S/C14H16FN3O2/c1-18(14(19)12-8-10(16)9-17-12)6-7-20-13-5-3-2-4-11(13)15/h2-5,8-9,17H,6-7,16H2,1H3. The maximum absolute atomic E-state index is 13.3. The summed E-state index contributed by atoms with van der Waals surface area (Å²) in [6.45, 7) is 0.547. The molecule has 0 aliphatic carbocycles. The summed E-state index contributed by atoms with van der Waals surface area (Å²) >= 11 is 0. The van der Waals surface area contributed by atoms with E-state index < -0.39 is 5.82 Å². The molecule has 20 heavy (non-hydrogen) atoms. The predicted octanol–water partition coefficient (Wildman–Crippen LogP) is 1.89. The maximum Gasteiger partial charge on any atom is 0.270 e. The molecule has 106 valence electrons. The third-order valence-electron chi connectivity index (χ3n) is 2.80. The number of carbonyl (C=O) groups excluding carboxylic acids is 1. The van der Waals surface area contributed by atoms with Gasteiger partial charge in [-0.3, -0.25) is 4.79 Å². The Balaban J connectivity index is 1.85. The third-order valence-corrected chi connectivity index (χ3v) is 2.80. The number of para-hydroxylation sites is 1. The molecule has 2 rings (SSSR count). The van der Waals surface area contributed by atoms with Crippen LogP contribution in [-0.4, -0.2) is 36.0 Å². The van der Waals surface area contributed by atoms with E-state index in [4.69, 9.17) is 10.5 Å². The second kappa shape index (κ2) is 6.10. The van der Waals surface area contributed by atoms with Gasteiger partial charge >= 0.3 is 0 Å². The zero-order chi connectivity index (χ0) is 14.5. The highest BCUT2D eigenvalue weighted by Crippen LogP contribution is 2.15. The molecule has 0 radical (unpaired) electrons. The molecule has 3 N–H and O–H groups in total. The molecular weight excluding hydrogens is 261 g/mol. The summed E-state index contributed by atoms with van der Waals surface area (Å²) < 4.78 is 18.6. The van der Waals surface area contributed by atoms with Crippen molar-refractivity contribution in [3.63, 3.8) is 0 Å². The minimum absolute atomic E-state index is 0.178. The zero-order valence-electron chi connectivity index (χ0n) is 11.1. The second-order valence-electron chi connectivity index (χ2n) is 4.35. The minimum Gasteiger partial charge on any atom is -0.489 e. The van der Waals surface area contributed by atoms with E-state index in [2.05, 4.69) is 4.98 Å². The van der Waals surface area contributed by atoms with Crippen LogP contribution in [0.25, 0.3) is 0 Å². The first-order chi connectivity index (χ1) is 9.58. The summed E-state index contributed by atoms with van der Waals surface area (Å²) in [5.74, 6) is -0.435. The van der Waals surface area contributed by atoms with Gasteiger partial charge in [-0.2, -0.15) is 0 Å². The quantitative estimate of drug-likeness (QED) is 0.876. The van der Waals surface area contributed by atoms with Crippen molar-refractivity contribution in [2.24, 2.45) is 0 Å². The number of nitrogen functional groups attached to an aromatic ring is 1. The zero-order valence-corrected chi connectivity index (χ0v) is 11.1. The van der Waals surface area contributed by atoms with E-state index in [1.807, 2.05) is 0 Å². The summed E-state index contributed by atoms with van der Waals surface area (Å²) in [7, 11) is 1.64. The van der Waals surface area contributed by atoms with Crippen molar-refractivity contribution in [3.8, 4) is 5.75 Å². The van der Waals surface area contributed by atoms with Crippen LogP contribution in [0.5, 0.6) is 5.75 Å². The normalized spacial score (nSPS) is 10.3. The Hall–Kier alpha value is -2.50. The first kappa shape index (κ1) is 13.9. The molecule has 0 bridgehead atoms. The molecule has 0 aliphatic heterocycles. The van der Waals surface area contributed by atoms with Gasteiger partial charge in [0.25, 0.3) is 5.91 Å². The minimum atomic E-state index is -0.418. The van der Waals surface area contributed by atoms with E-state index in [0.717, 1.165) is 0 Å². The fourth-order valence-electron chi connectivity index (χ4n) is 1.70. The number of nitrogens with one attached hydrogen (secondary N) is 1. The molecule has 5 nitrogen and oxygen atoms in total. The number of hydrogen-bond donors (Lipinski definition) is 2. The fraction of sp³-hybridized carbons (Fsp3) is 0.214. The number of aromatic nitrogens is 1. The lowest BCUT2D eigenvalue weighted by atomic mass is 10.3. The monoisotopic (exact) mass is 277 g/mol. The van der Waals surface area contributed by atoms with Gasteiger partial charge in [0.05, 0.1) is 6.54 Å². The Kier molecular flexibility index (Phi) is 4.24. The number of rotatable bonds is 5. The number of nitrogens with two attached hydrogens (primary N) is 1. The van der Waals surface area contributed by atoms with Gasteiger partial charge in [0.1, 0.15) is 12.3 Å². The molecule has 0 saturated carbocycles. The molecule has 1 aromatic carbocycles. The van der Waals surface area contributed by atoms with Crippen molar-refractivity contribution in [2.45, 2.75) is 0 Å². The molecule has 0 aliphatic rings. The summed E-state index contributed by atoms with van der Waals surface area (Å²) in [4.78, 5) is 16.2. The number of carbonyl (C=O) groups is 1. The molecule has 1 aromatic heterocycles. The number of amides is 1. The number of halogens is 1. The molecule has 0 unspecified atom stereocenters. The molecule has 0 atom stereocenters. The van der Waals surface area contributed by atoms with Crippen LogP contribution in [0, 0.1) is 5.82 Å². The largest absolute Gasteiger partial charge is 0.489 e. The smallest absolute Gasteiger partial charge is 0.270 e. The van der Waals surface area contributed by atoms with Gasteiger partial charge in [-0.05, 0) is 18.2 Å². The lowest BCUT2D eigenvalue weighted by Crippen LogP contribution is -2.31. The highest BCUT2D eigenvalue weighted by Gasteiger charge is 2.13. The van der Waals surface area contributed by atoms with Crippen LogP contribution in [-0.2, 0) is 0 Å². The topological polar surface area (TPSA) is 71.3 Å². The van der Waals surface area contributed by atoms with Gasteiger partial charge in [0, 0.05) is 18.9 Å². The van der Waals surface area contributed by atoms with E-state index in [-0.39, 0.29) is 18.3 Å². The number of ether oxygens (including phenoxy) is 1. The Morgan fingerprint density at radius 2 is 2.20 bits per heavy atom. The lowest BCUT2D eigenvalue weighted by Gasteiger charge is -2.16. The van der Waals surface area contributed by atoms with Crippen molar-refractivity contribution >= 4 is 11.6 Å². The van der Waals surface area contributed by atoms with Crippen LogP contribution in [0.15, 0.2) is 36.5 Å². The van der Waals surface area contributed by atoms with E-state index in [1.165, 1.54) is 11.0 Å². The van der Waals surface area contributed by atoms with Gasteiger partial charge in [-0.15, -0.1) is 0 Å². The van der Waals surface area contributed by atoms with Crippen LogP contribution in [0.3, 0.4) is 0 Å². The van der Waals surface area contributed by atoms with Crippen molar-refractivity contribution in [1.82, 2.24) is 9.88 Å². The third kappa shape index (κ3) is 3.28. The Bertz CT molecular complexity index is 598. The van der Waals surface area contributed by atoms with Crippen molar-refractivity contribution in [3.05, 3.63) is 48.0 Å². The summed E-state index contributed by atoms with van der Waals surface area (Å²) in [6, 6.07) is 7.72. The number of H-pyrrole nitrogens is 1. The van der Waals surface area contributed by atoms with E-state index in [1.54, 1.807) is 37.5 Å². The van der Waals surface area contributed by atoms with Crippen LogP contribution >= 0.6 is 0 Å². The Morgan fingerprint density at radius 1 is 1.45 bits per heavy atom. The van der Waals surface area contributed by atoms with Crippen LogP contribution in [0.4, 0.5) is 10.1 Å². The van der Waals surface area contributed by atoms with Crippen LogP contribution < -0.4 is 10.5 Å². The molecular formula is C14H16FN3O2. The summed E-state index contributed by atoms with van der Waals surface area (Å²) in [6.07, 6.45) is 1.55. The highest BCUT2D eigenvalue weighted by molar-refractivity contribution is 5.93. The molecule has 0 spiro atoms. The number of aromatic amines is 1. The average Bonchev–Trinajstić information content (AvgIpc) is 2.86. The molecule has 0 fully saturated rings. The predicted molar refractivity (Wildman–Crippen MR) is 74.1 cm³/mol. The van der Waals surface area contributed by atoms with Crippen molar-refractivity contribution in [1.29, 1.82) is 0 Å². The van der Waals surface area contributed by atoms with E-state index in [0.29, 0.717) is 17.9 Å². The fourth-order valence-corrected chi connectivity index (χ4v) is 1.70. The van der Waals surface area contributed by atoms with Gasteiger partial charge in [-0.25, -0.2) is 4.39 Å². The maximum atomic E-state index is 13.3. The second-order valence-corrected chi connectivity index (χ2v) is 4.35. The number of anilines is 1.